The molecule has 5 rings (SSSR count). The maximum absolute atomic E-state index is 7.10. The van der Waals surface area contributed by atoms with E-state index in [1.807, 2.05) is 30.6 Å². The van der Waals surface area contributed by atoms with E-state index in [1.54, 1.807) is 6.20 Å². The van der Waals surface area contributed by atoms with Gasteiger partial charge in [0.15, 0.2) is 11.8 Å². The number of amidine groups is 1. The van der Waals surface area contributed by atoms with Gasteiger partial charge in [-0.25, -0.2) is 4.98 Å². The van der Waals surface area contributed by atoms with Crippen LogP contribution in [0.15, 0.2) is 94.4 Å². The average molecular weight is 414 g/mol. The second-order valence-corrected chi connectivity index (χ2v) is 9.14. The number of nitrogens with zero attached hydrogens (tertiary/aromatic N) is 4. The molecule has 1 unspecified atom stereocenters. The van der Waals surface area contributed by atoms with Crippen molar-refractivity contribution in [1.82, 2.24) is 4.98 Å². The number of allylic oxidation sites excluding steroid dienone is 2. The van der Waals surface area contributed by atoms with E-state index in [0.717, 1.165) is 45.0 Å². The smallest absolute Gasteiger partial charge is 0.253 e. The van der Waals surface area contributed by atoms with E-state index in [1.165, 1.54) is 0 Å². The van der Waals surface area contributed by atoms with Crippen molar-refractivity contribution in [2.24, 2.45) is 15.4 Å². The molecular formula is C25H22ClN4+. The molecule has 0 N–H and O–H groups in total. The monoisotopic (exact) mass is 413 g/mol. The fourth-order valence-electron chi connectivity index (χ4n) is 3.87. The van der Waals surface area contributed by atoms with Gasteiger partial charge in [0.05, 0.1) is 29.2 Å². The quantitative estimate of drug-likeness (QED) is 0.445. The maximum atomic E-state index is 7.10. The molecule has 1 atom stereocenters. The van der Waals surface area contributed by atoms with Gasteiger partial charge in [-0.05, 0) is 18.2 Å². The Hall–Kier alpha value is -3.08. The summed E-state index contributed by atoms with van der Waals surface area (Å²) in [5, 5.41) is 1.08. The highest BCUT2D eigenvalue weighted by Gasteiger charge is 2.48. The molecule has 2 aliphatic rings. The van der Waals surface area contributed by atoms with Crippen molar-refractivity contribution in [3.8, 4) is 11.3 Å². The van der Waals surface area contributed by atoms with E-state index in [2.05, 4.69) is 68.2 Å². The van der Waals surface area contributed by atoms with E-state index >= 15 is 0 Å². The molecule has 2 aromatic carbocycles. The summed E-state index contributed by atoms with van der Waals surface area (Å²) >= 11 is 7.10. The van der Waals surface area contributed by atoms with Crippen LogP contribution in [0.3, 0.4) is 0 Å². The third-order valence-corrected chi connectivity index (χ3v) is 5.86. The lowest BCUT2D eigenvalue weighted by Crippen LogP contribution is -2.38. The zero-order valence-corrected chi connectivity index (χ0v) is 17.9. The van der Waals surface area contributed by atoms with Crippen LogP contribution in [0.4, 0.5) is 0 Å². The number of aromatic nitrogens is 1. The van der Waals surface area contributed by atoms with Crippen molar-refractivity contribution in [2.45, 2.75) is 20.8 Å². The van der Waals surface area contributed by atoms with E-state index in [0.29, 0.717) is 0 Å². The molecule has 3 aromatic rings. The van der Waals surface area contributed by atoms with Crippen molar-refractivity contribution < 1.29 is 4.00 Å². The number of halogens is 1. The predicted molar refractivity (Wildman–Crippen MR) is 124 cm³/mol. The van der Waals surface area contributed by atoms with Crippen molar-refractivity contribution in [1.29, 1.82) is 0 Å². The average Bonchev–Trinajstić information content (AvgIpc) is 3.07. The van der Waals surface area contributed by atoms with Crippen molar-refractivity contribution in [2.75, 3.05) is 0 Å². The van der Waals surface area contributed by atoms with Gasteiger partial charge in [0.25, 0.3) is 5.84 Å². The van der Waals surface area contributed by atoms with Crippen LogP contribution in [-0.2, 0) is 0 Å². The van der Waals surface area contributed by atoms with Crippen LogP contribution in [0.1, 0.15) is 26.3 Å². The van der Waals surface area contributed by atoms with Gasteiger partial charge in [-0.15, -0.1) is 4.00 Å². The first kappa shape index (κ1) is 18.9. The third-order valence-electron chi connectivity index (χ3n) is 5.40. The van der Waals surface area contributed by atoms with Crippen LogP contribution >= 0.6 is 11.8 Å². The minimum atomic E-state index is -0.151. The molecule has 0 aliphatic carbocycles. The predicted octanol–water partition coefficient (Wildman–Crippen LogP) is 6.45. The molecule has 0 saturated carbocycles. The zero-order valence-electron chi connectivity index (χ0n) is 17.2. The number of hydrogen-bond acceptors (Lipinski definition) is 3. The molecule has 4 nitrogen and oxygen atoms in total. The maximum Gasteiger partial charge on any atom is 0.263 e. The van der Waals surface area contributed by atoms with Gasteiger partial charge in [-0.1, -0.05) is 63.2 Å². The number of pyridine rings is 1. The number of quaternary nitrogens is 1. The van der Waals surface area contributed by atoms with Crippen molar-refractivity contribution in [3.05, 3.63) is 90.0 Å². The minimum absolute atomic E-state index is 0.0000139. The van der Waals surface area contributed by atoms with Crippen LogP contribution < -0.4 is 0 Å². The molecule has 0 fully saturated rings. The molecule has 3 heterocycles. The molecule has 148 valence electrons. The highest BCUT2D eigenvalue weighted by molar-refractivity contribution is 6.20. The second kappa shape index (κ2) is 6.73. The zero-order chi connectivity index (χ0) is 20.9. The normalized spacial score (nSPS) is 20.6. The van der Waals surface area contributed by atoms with E-state index < -0.39 is 0 Å². The van der Waals surface area contributed by atoms with E-state index in [9.17, 15) is 0 Å². The Morgan fingerprint density at radius 3 is 2.43 bits per heavy atom. The van der Waals surface area contributed by atoms with Gasteiger partial charge in [0.1, 0.15) is 11.9 Å². The molecule has 0 amide bonds. The lowest BCUT2D eigenvalue weighted by Gasteiger charge is -2.24. The highest BCUT2D eigenvalue weighted by Crippen LogP contribution is 2.43. The summed E-state index contributed by atoms with van der Waals surface area (Å²) in [6.45, 7) is 6.43. The number of hydrogen-bond donors (Lipinski definition) is 0. The second-order valence-electron chi connectivity index (χ2n) is 8.60. The van der Waals surface area contributed by atoms with Crippen molar-refractivity contribution >= 4 is 34.7 Å². The lowest BCUT2D eigenvalue weighted by molar-refractivity contribution is -0.600. The summed E-state index contributed by atoms with van der Waals surface area (Å²) in [7, 11) is 0. The first-order valence-electron chi connectivity index (χ1n) is 9.97. The summed E-state index contributed by atoms with van der Waals surface area (Å²) in [5.41, 5.74) is 5.61. The van der Waals surface area contributed by atoms with Gasteiger partial charge >= 0.3 is 0 Å². The summed E-state index contributed by atoms with van der Waals surface area (Å²) in [6.07, 6.45) is 5.41. The summed E-state index contributed by atoms with van der Waals surface area (Å²) in [4.78, 5) is 14.2. The standard InChI is InChI=1S/C25H22ClN4/c1-25(2,3)23-22-16-27-13-14-30(22,26)24(29-23)19-10-9-18-11-12-20(28-21(18)15-19)17-7-5-4-6-8-17/h4-16H,1-3H3/q+1. The molecule has 1 aromatic heterocycles. The Bertz CT molecular complexity index is 1280. The van der Waals surface area contributed by atoms with Crippen LogP contribution in [0.5, 0.6) is 0 Å². The highest BCUT2D eigenvalue weighted by atomic mass is 35.5. The SMILES string of the molecule is CC(C)(C)C1=C2C=NC=C[N+]2(Cl)C(c2ccc3ccc(-c4ccccc4)nc3c2)=N1. The molecule has 0 radical (unpaired) electrons. The summed E-state index contributed by atoms with van der Waals surface area (Å²) in [5.74, 6) is 0.771. The topological polar surface area (TPSA) is 37.6 Å². The molecule has 0 spiro atoms. The van der Waals surface area contributed by atoms with Gasteiger partial charge in [0.2, 0.25) is 5.70 Å². The van der Waals surface area contributed by atoms with Crippen molar-refractivity contribution in [3.63, 3.8) is 0 Å². The first-order chi connectivity index (χ1) is 14.4. The van der Waals surface area contributed by atoms with Gasteiger partial charge < -0.3 is 0 Å². The third kappa shape index (κ3) is 3.00. The Morgan fingerprint density at radius 1 is 0.900 bits per heavy atom. The number of rotatable bonds is 2. The summed E-state index contributed by atoms with van der Waals surface area (Å²) < 4.78 is -0.0000139. The first-order valence-corrected chi connectivity index (χ1v) is 10.3. The van der Waals surface area contributed by atoms with Crippen LogP contribution in [0, 0.1) is 5.41 Å². The Kier molecular flexibility index (Phi) is 4.24. The van der Waals surface area contributed by atoms with Crippen LogP contribution in [0.25, 0.3) is 22.2 Å². The van der Waals surface area contributed by atoms with Crippen LogP contribution in [-0.4, -0.2) is 21.0 Å². The van der Waals surface area contributed by atoms with Gasteiger partial charge in [-0.3, -0.25) is 4.99 Å². The van der Waals surface area contributed by atoms with Crippen LogP contribution in [0.2, 0.25) is 0 Å². The number of fused-ring (bicyclic) bond motifs is 2. The minimum Gasteiger partial charge on any atom is -0.253 e. The molecular weight excluding hydrogens is 392 g/mol. The Morgan fingerprint density at radius 2 is 1.67 bits per heavy atom. The van der Waals surface area contributed by atoms with E-state index in [4.69, 9.17) is 21.8 Å². The lowest BCUT2D eigenvalue weighted by atomic mass is 9.91. The molecule has 0 bridgehead atoms. The van der Waals surface area contributed by atoms with E-state index in [-0.39, 0.29) is 9.42 Å². The molecule has 5 heteroatoms. The van der Waals surface area contributed by atoms with Gasteiger partial charge in [-0.2, -0.15) is 4.99 Å². The molecule has 0 saturated heterocycles. The molecule has 30 heavy (non-hydrogen) atoms. The number of benzene rings is 2. The summed E-state index contributed by atoms with van der Waals surface area (Å²) in [6, 6.07) is 20.6. The molecule has 2 aliphatic heterocycles. The largest absolute Gasteiger partial charge is 0.263 e. The Labute approximate surface area is 181 Å². The fourth-order valence-corrected chi connectivity index (χ4v) is 4.18. The fraction of sp³-hybridized carbons (Fsp3) is 0.160. The number of aliphatic imine (C=N–C) groups is 2. The van der Waals surface area contributed by atoms with Gasteiger partial charge in [0, 0.05) is 16.4 Å². The Balaban J connectivity index is 1.64.